The van der Waals surface area contributed by atoms with E-state index in [4.69, 9.17) is 4.74 Å². The molecule has 0 saturated heterocycles. The molecule has 0 saturated carbocycles. The summed E-state index contributed by atoms with van der Waals surface area (Å²) in [6, 6.07) is 0.171. The molecule has 5 nitrogen and oxygen atoms in total. The maximum atomic E-state index is 5.89. The van der Waals surface area contributed by atoms with Gasteiger partial charge in [-0.15, -0.1) is 5.10 Å². The molecule has 1 heterocycles. The highest BCUT2D eigenvalue weighted by atomic mass is 16.5. The summed E-state index contributed by atoms with van der Waals surface area (Å²) in [7, 11) is 0. The lowest BCUT2D eigenvalue weighted by Crippen LogP contribution is -2.35. The highest BCUT2D eigenvalue weighted by Crippen LogP contribution is 2.22. The molecular weight excluding hydrogens is 228 g/mol. The Morgan fingerprint density at radius 1 is 1.33 bits per heavy atom. The first-order valence-corrected chi connectivity index (χ1v) is 7.01. The number of hydrogen-bond donors (Lipinski definition) is 1. The largest absolute Gasteiger partial charge is 0.376 e. The Morgan fingerprint density at radius 2 is 2.11 bits per heavy atom. The van der Waals surface area contributed by atoms with Gasteiger partial charge in [0, 0.05) is 13.2 Å². The first kappa shape index (κ1) is 15.1. The van der Waals surface area contributed by atoms with Crippen molar-refractivity contribution in [2.75, 3.05) is 13.2 Å². The van der Waals surface area contributed by atoms with Gasteiger partial charge in [-0.25, -0.2) is 4.68 Å². The van der Waals surface area contributed by atoms with Crippen molar-refractivity contribution < 1.29 is 4.74 Å². The molecule has 0 fully saturated rings. The van der Waals surface area contributed by atoms with Crippen molar-refractivity contribution in [2.45, 2.75) is 59.2 Å². The Labute approximate surface area is 110 Å². The molecule has 5 heteroatoms. The molecule has 2 atom stereocenters. The van der Waals surface area contributed by atoms with Gasteiger partial charge in [0.05, 0.1) is 24.0 Å². The van der Waals surface area contributed by atoms with Crippen molar-refractivity contribution in [3.63, 3.8) is 0 Å². The van der Waals surface area contributed by atoms with Crippen LogP contribution in [0.4, 0.5) is 0 Å². The summed E-state index contributed by atoms with van der Waals surface area (Å²) in [6.45, 7) is 10.9. The highest BCUT2D eigenvalue weighted by Gasteiger charge is 2.25. The maximum absolute atomic E-state index is 5.89. The normalized spacial score (nSPS) is 14.7. The predicted molar refractivity (Wildman–Crippen MR) is 72.4 cm³/mol. The zero-order valence-electron chi connectivity index (χ0n) is 12.0. The van der Waals surface area contributed by atoms with E-state index in [0.29, 0.717) is 0 Å². The molecule has 0 aliphatic carbocycles. The number of likely N-dealkylation sites (N-methyl/N-ethyl adjacent to an activating group) is 1. The fourth-order valence-electron chi connectivity index (χ4n) is 2.24. The lowest BCUT2D eigenvalue weighted by molar-refractivity contribution is 0.0258. The average molecular weight is 254 g/mol. The van der Waals surface area contributed by atoms with Gasteiger partial charge >= 0.3 is 0 Å². The lowest BCUT2D eigenvalue weighted by Gasteiger charge is -2.27. The number of aromatic nitrogens is 3. The van der Waals surface area contributed by atoms with Gasteiger partial charge in [0.1, 0.15) is 0 Å². The third kappa shape index (κ3) is 3.78. The standard InChI is InChI=1S/C13H26N4O/c1-5-9-12(18-8-4)13(14-6-2)11-10-15-16-17(11)7-3/h10,12-14H,5-9H2,1-4H3. The van der Waals surface area contributed by atoms with Gasteiger partial charge in [0.2, 0.25) is 0 Å². The molecule has 2 unspecified atom stereocenters. The van der Waals surface area contributed by atoms with Crippen LogP contribution in [0.15, 0.2) is 6.20 Å². The molecule has 0 radical (unpaired) electrons. The molecule has 0 amide bonds. The van der Waals surface area contributed by atoms with Crippen LogP contribution in [-0.4, -0.2) is 34.2 Å². The molecule has 0 aromatic carbocycles. The summed E-state index contributed by atoms with van der Waals surface area (Å²) in [5.74, 6) is 0. The van der Waals surface area contributed by atoms with E-state index in [9.17, 15) is 0 Å². The smallest absolute Gasteiger partial charge is 0.0785 e. The maximum Gasteiger partial charge on any atom is 0.0785 e. The van der Waals surface area contributed by atoms with Gasteiger partial charge in [0.15, 0.2) is 0 Å². The minimum absolute atomic E-state index is 0.171. The number of aryl methyl sites for hydroxylation is 1. The van der Waals surface area contributed by atoms with E-state index in [1.54, 1.807) is 0 Å². The summed E-state index contributed by atoms with van der Waals surface area (Å²) in [6.07, 6.45) is 4.18. The number of hydrogen-bond acceptors (Lipinski definition) is 4. The summed E-state index contributed by atoms with van der Waals surface area (Å²) < 4.78 is 7.83. The van der Waals surface area contributed by atoms with Crippen molar-refractivity contribution in [1.29, 1.82) is 0 Å². The summed E-state index contributed by atoms with van der Waals surface area (Å²) >= 11 is 0. The minimum atomic E-state index is 0.171. The van der Waals surface area contributed by atoms with Gasteiger partial charge in [-0.2, -0.15) is 0 Å². The highest BCUT2D eigenvalue weighted by molar-refractivity contribution is 5.05. The van der Waals surface area contributed by atoms with E-state index in [1.807, 2.05) is 17.8 Å². The molecule has 0 bridgehead atoms. The Balaban J connectivity index is 2.91. The van der Waals surface area contributed by atoms with E-state index in [2.05, 4.69) is 36.4 Å². The molecule has 1 N–H and O–H groups in total. The van der Waals surface area contributed by atoms with Crippen LogP contribution >= 0.6 is 0 Å². The second-order valence-electron chi connectivity index (χ2n) is 4.29. The van der Waals surface area contributed by atoms with Crippen LogP contribution in [0.25, 0.3) is 0 Å². The summed E-state index contributed by atoms with van der Waals surface area (Å²) in [5.41, 5.74) is 1.12. The molecule has 1 aromatic heterocycles. The monoisotopic (exact) mass is 254 g/mol. The predicted octanol–water partition coefficient (Wildman–Crippen LogP) is 2.15. The van der Waals surface area contributed by atoms with Crippen LogP contribution in [0.3, 0.4) is 0 Å². The van der Waals surface area contributed by atoms with Crippen LogP contribution in [0, 0.1) is 0 Å². The number of nitrogens with zero attached hydrogens (tertiary/aromatic N) is 3. The first-order valence-electron chi connectivity index (χ1n) is 7.01. The second-order valence-corrected chi connectivity index (χ2v) is 4.29. The van der Waals surface area contributed by atoms with Crippen molar-refractivity contribution in [1.82, 2.24) is 20.3 Å². The van der Waals surface area contributed by atoms with Gasteiger partial charge in [-0.3, -0.25) is 0 Å². The molecule has 104 valence electrons. The molecule has 1 rings (SSSR count). The number of rotatable bonds is 9. The van der Waals surface area contributed by atoms with Crippen molar-refractivity contribution in [3.05, 3.63) is 11.9 Å². The third-order valence-electron chi connectivity index (χ3n) is 3.02. The molecule has 0 spiro atoms. The Bertz CT molecular complexity index is 321. The van der Waals surface area contributed by atoms with E-state index < -0.39 is 0 Å². The van der Waals surface area contributed by atoms with Crippen molar-refractivity contribution >= 4 is 0 Å². The van der Waals surface area contributed by atoms with Gasteiger partial charge in [-0.05, 0) is 26.8 Å². The van der Waals surface area contributed by atoms with E-state index in [1.165, 1.54) is 0 Å². The summed E-state index contributed by atoms with van der Waals surface area (Å²) in [5, 5.41) is 11.6. The van der Waals surface area contributed by atoms with Gasteiger partial charge < -0.3 is 10.1 Å². The van der Waals surface area contributed by atoms with Crippen molar-refractivity contribution in [2.24, 2.45) is 0 Å². The van der Waals surface area contributed by atoms with Crippen molar-refractivity contribution in [3.8, 4) is 0 Å². The van der Waals surface area contributed by atoms with E-state index in [0.717, 1.165) is 38.2 Å². The molecule has 1 aromatic rings. The second kappa shape index (κ2) is 8.21. The van der Waals surface area contributed by atoms with Crippen LogP contribution < -0.4 is 5.32 Å². The Morgan fingerprint density at radius 3 is 2.67 bits per heavy atom. The zero-order valence-corrected chi connectivity index (χ0v) is 12.0. The Hall–Kier alpha value is -0.940. The third-order valence-corrected chi connectivity index (χ3v) is 3.02. The topological polar surface area (TPSA) is 52.0 Å². The molecular formula is C13H26N4O. The van der Waals surface area contributed by atoms with Crippen LogP contribution in [0.5, 0.6) is 0 Å². The number of ether oxygens (including phenoxy) is 1. The average Bonchev–Trinajstić information content (AvgIpc) is 2.84. The quantitative estimate of drug-likeness (QED) is 0.733. The SMILES string of the molecule is CCCC(OCC)C(NCC)c1cnnn1CC. The van der Waals surface area contributed by atoms with Crippen LogP contribution in [0.1, 0.15) is 52.3 Å². The van der Waals surface area contributed by atoms with E-state index in [-0.39, 0.29) is 12.1 Å². The van der Waals surface area contributed by atoms with Crippen LogP contribution in [0.2, 0.25) is 0 Å². The minimum Gasteiger partial charge on any atom is -0.376 e. The van der Waals surface area contributed by atoms with Gasteiger partial charge in [0.25, 0.3) is 0 Å². The fraction of sp³-hybridized carbons (Fsp3) is 0.846. The lowest BCUT2D eigenvalue weighted by atomic mass is 10.0. The molecule has 18 heavy (non-hydrogen) atoms. The fourth-order valence-corrected chi connectivity index (χ4v) is 2.24. The Kier molecular flexibility index (Phi) is 6.90. The summed E-state index contributed by atoms with van der Waals surface area (Å²) in [4.78, 5) is 0. The number of nitrogens with one attached hydrogen (secondary N) is 1. The molecule has 0 aliphatic rings. The van der Waals surface area contributed by atoms with Gasteiger partial charge in [-0.1, -0.05) is 25.5 Å². The first-order chi connectivity index (χ1) is 8.78. The van der Waals surface area contributed by atoms with Crippen LogP contribution in [-0.2, 0) is 11.3 Å². The molecule has 0 aliphatic heterocycles. The zero-order chi connectivity index (χ0) is 13.4. The van der Waals surface area contributed by atoms with E-state index >= 15 is 0 Å².